The molecule has 0 bridgehead atoms. The largest absolute Gasteiger partial charge is 0.497 e. The van der Waals surface area contributed by atoms with Gasteiger partial charge in [-0.1, -0.05) is 18.2 Å². The molecule has 2 N–H and O–H groups in total. The van der Waals surface area contributed by atoms with Crippen LogP contribution in [0.2, 0.25) is 0 Å². The van der Waals surface area contributed by atoms with E-state index in [2.05, 4.69) is 10.6 Å². The molecule has 31 heavy (non-hydrogen) atoms. The van der Waals surface area contributed by atoms with Crippen molar-refractivity contribution in [1.29, 1.82) is 0 Å². The molecule has 6 heteroatoms. The average Bonchev–Trinajstić information content (AvgIpc) is 2.79. The molecule has 3 rings (SSSR count). The van der Waals surface area contributed by atoms with E-state index in [4.69, 9.17) is 9.47 Å². The van der Waals surface area contributed by atoms with Crippen molar-refractivity contribution in [3.63, 3.8) is 0 Å². The second kappa shape index (κ2) is 10.8. The zero-order valence-electron chi connectivity index (χ0n) is 17.7. The monoisotopic (exact) mass is 418 g/mol. The number of nitrogens with one attached hydrogen (secondary N) is 2. The van der Waals surface area contributed by atoms with E-state index in [9.17, 15) is 9.59 Å². The Balaban J connectivity index is 1.52. The Kier molecular flexibility index (Phi) is 7.65. The fourth-order valence-electron chi connectivity index (χ4n) is 3.06. The SMILES string of the molecule is CCOc1ccccc1CCC(=O)Nc1ccc(C(=O)Nc2ccc(OC)cc2)cc1. The van der Waals surface area contributed by atoms with Gasteiger partial charge in [0.15, 0.2) is 0 Å². The highest BCUT2D eigenvalue weighted by atomic mass is 16.5. The van der Waals surface area contributed by atoms with E-state index >= 15 is 0 Å². The number of aryl methyl sites for hydroxylation is 1. The summed E-state index contributed by atoms with van der Waals surface area (Å²) in [6.45, 7) is 2.52. The van der Waals surface area contributed by atoms with E-state index in [1.54, 1.807) is 55.6 Å². The van der Waals surface area contributed by atoms with E-state index in [1.807, 2.05) is 31.2 Å². The van der Waals surface area contributed by atoms with Crippen molar-refractivity contribution in [3.05, 3.63) is 83.9 Å². The van der Waals surface area contributed by atoms with E-state index in [0.717, 1.165) is 17.1 Å². The molecule has 0 radical (unpaired) electrons. The number of para-hydroxylation sites is 1. The van der Waals surface area contributed by atoms with Crippen LogP contribution in [0.25, 0.3) is 0 Å². The van der Waals surface area contributed by atoms with Crippen LogP contribution in [0.5, 0.6) is 11.5 Å². The number of hydrogen-bond acceptors (Lipinski definition) is 4. The second-order valence-corrected chi connectivity index (χ2v) is 6.85. The maximum Gasteiger partial charge on any atom is 0.255 e. The predicted octanol–water partition coefficient (Wildman–Crippen LogP) is 4.92. The Bertz CT molecular complexity index is 1010. The summed E-state index contributed by atoms with van der Waals surface area (Å²) in [5.74, 6) is 1.21. The quantitative estimate of drug-likeness (QED) is 0.517. The van der Waals surface area contributed by atoms with Crippen molar-refractivity contribution >= 4 is 23.2 Å². The summed E-state index contributed by atoms with van der Waals surface area (Å²) in [5, 5.41) is 5.70. The first kappa shape index (κ1) is 21.9. The first-order chi connectivity index (χ1) is 15.1. The molecule has 0 aliphatic rings. The lowest BCUT2D eigenvalue weighted by Crippen LogP contribution is -2.14. The zero-order chi connectivity index (χ0) is 22.1. The van der Waals surface area contributed by atoms with Gasteiger partial charge in [0.2, 0.25) is 5.91 Å². The number of hydrogen-bond donors (Lipinski definition) is 2. The molecule has 0 aliphatic carbocycles. The first-order valence-electron chi connectivity index (χ1n) is 10.1. The summed E-state index contributed by atoms with van der Waals surface area (Å²) in [6.07, 6.45) is 0.925. The standard InChI is InChI=1S/C25H26N2O4/c1-3-31-23-7-5-4-6-18(23)10-17-24(28)26-20-11-8-19(9-12-20)25(29)27-21-13-15-22(30-2)16-14-21/h4-9,11-16H,3,10,17H2,1-2H3,(H,26,28)(H,27,29). The highest BCUT2D eigenvalue weighted by Crippen LogP contribution is 2.20. The van der Waals surface area contributed by atoms with E-state index in [1.165, 1.54) is 0 Å². The molecule has 0 aromatic heterocycles. The minimum atomic E-state index is -0.226. The van der Waals surface area contributed by atoms with Gasteiger partial charge < -0.3 is 20.1 Å². The molecule has 0 spiro atoms. The van der Waals surface area contributed by atoms with Gasteiger partial charge in [0.1, 0.15) is 11.5 Å². The molecule has 6 nitrogen and oxygen atoms in total. The van der Waals surface area contributed by atoms with Crippen LogP contribution in [-0.2, 0) is 11.2 Å². The number of carbonyl (C=O) groups excluding carboxylic acids is 2. The molecule has 2 amide bonds. The number of anilines is 2. The van der Waals surface area contributed by atoms with Gasteiger partial charge in [-0.2, -0.15) is 0 Å². The van der Waals surface area contributed by atoms with Crippen molar-refractivity contribution in [3.8, 4) is 11.5 Å². The van der Waals surface area contributed by atoms with Crippen molar-refractivity contribution in [2.45, 2.75) is 19.8 Å². The van der Waals surface area contributed by atoms with Crippen LogP contribution < -0.4 is 20.1 Å². The van der Waals surface area contributed by atoms with Crippen molar-refractivity contribution < 1.29 is 19.1 Å². The Labute approximate surface area is 182 Å². The number of rotatable bonds is 9. The van der Waals surface area contributed by atoms with Gasteiger partial charge in [-0.25, -0.2) is 0 Å². The molecule has 0 saturated heterocycles. The van der Waals surface area contributed by atoms with Gasteiger partial charge in [0, 0.05) is 23.4 Å². The molecule has 0 unspecified atom stereocenters. The van der Waals surface area contributed by atoms with Gasteiger partial charge in [0.05, 0.1) is 13.7 Å². The fourth-order valence-corrected chi connectivity index (χ4v) is 3.06. The van der Waals surface area contributed by atoms with Gasteiger partial charge in [-0.15, -0.1) is 0 Å². The first-order valence-corrected chi connectivity index (χ1v) is 10.1. The number of amides is 2. The average molecular weight is 418 g/mol. The van der Waals surface area contributed by atoms with Crippen LogP contribution in [0.15, 0.2) is 72.8 Å². The number of methoxy groups -OCH3 is 1. The molecule has 0 heterocycles. The Morgan fingerprint density at radius 2 is 1.48 bits per heavy atom. The Hall–Kier alpha value is -3.80. The van der Waals surface area contributed by atoms with Crippen LogP contribution in [0.3, 0.4) is 0 Å². The second-order valence-electron chi connectivity index (χ2n) is 6.85. The van der Waals surface area contributed by atoms with Crippen molar-refractivity contribution in [1.82, 2.24) is 0 Å². The lowest BCUT2D eigenvalue weighted by Gasteiger charge is -2.10. The number of benzene rings is 3. The normalized spacial score (nSPS) is 10.3. The van der Waals surface area contributed by atoms with Crippen molar-refractivity contribution in [2.75, 3.05) is 24.4 Å². The minimum Gasteiger partial charge on any atom is -0.497 e. The number of ether oxygens (including phenoxy) is 2. The van der Waals surface area contributed by atoms with Gasteiger partial charge in [-0.05, 0) is 73.5 Å². The molecule has 0 saturated carbocycles. The van der Waals surface area contributed by atoms with Crippen LogP contribution in [0, 0.1) is 0 Å². The summed E-state index contributed by atoms with van der Waals surface area (Å²) >= 11 is 0. The number of carbonyl (C=O) groups is 2. The topological polar surface area (TPSA) is 76.7 Å². The highest BCUT2D eigenvalue weighted by molar-refractivity contribution is 6.04. The third kappa shape index (κ3) is 6.34. The van der Waals surface area contributed by atoms with Crippen molar-refractivity contribution in [2.24, 2.45) is 0 Å². The smallest absolute Gasteiger partial charge is 0.255 e. The summed E-state index contributed by atoms with van der Waals surface area (Å²) in [5.41, 5.74) is 2.82. The summed E-state index contributed by atoms with van der Waals surface area (Å²) in [7, 11) is 1.59. The van der Waals surface area contributed by atoms with Gasteiger partial charge in [0.25, 0.3) is 5.91 Å². The summed E-state index contributed by atoms with van der Waals surface area (Å²) in [6, 6.07) is 21.6. The van der Waals surface area contributed by atoms with Crippen LogP contribution in [-0.4, -0.2) is 25.5 Å². The van der Waals surface area contributed by atoms with Crippen LogP contribution >= 0.6 is 0 Å². The molecule has 0 atom stereocenters. The summed E-state index contributed by atoms with van der Waals surface area (Å²) < 4.78 is 10.7. The Morgan fingerprint density at radius 3 is 2.16 bits per heavy atom. The molecule has 0 aliphatic heterocycles. The maximum absolute atomic E-state index is 12.4. The lowest BCUT2D eigenvalue weighted by atomic mass is 10.1. The molecular weight excluding hydrogens is 392 g/mol. The lowest BCUT2D eigenvalue weighted by molar-refractivity contribution is -0.116. The third-order valence-electron chi connectivity index (χ3n) is 4.67. The molecule has 0 fully saturated rings. The van der Waals surface area contributed by atoms with Crippen LogP contribution in [0.1, 0.15) is 29.3 Å². The zero-order valence-corrected chi connectivity index (χ0v) is 17.7. The molecule has 3 aromatic rings. The molecule has 160 valence electrons. The fraction of sp³-hybridized carbons (Fsp3) is 0.200. The highest BCUT2D eigenvalue weighted by Gasteiger charge is 2.09. The predicted molar refractivity (Wildman–Crippen MR) is 122 cm³/mol. The van der Waals surface area contributed by atoms with E-state index < -0.39 is 0 Å². The van der Waals surface area contributed by atoms with Crippen LogP contribution in [0.4, 0.5) is 11.4 Å². The van der Waals surface area contributed by atoms with E-state index in [0.29, 0.717) is 36.4 Å². The molecule has 3 aromatic carbocycles. The Morgan fingerprint density at radius 1 is 0.839 bits per heavy atom. The van der Waals surface area contributed by atoms with Gasteiger partial charge in [-0.3, -0.25) is 9.59 Å². The summed E-state index contributed by atoms with van der Waals surface area (Å²) in [4.78, 5) is 24.7. The van der Waals surface area contributed by atoms with E-state index in [-0.39, 0.29) is 11.8 Å². The van der Waals surface area contributed by atoms with Gasteiger partial charge >= 0.3 is 0 Å². The minimum absolute atomic E-state index is 0.0956. The third-order valence-corrected chi connectivity index (χ3v) is 4.67. The molecular formula is C25H26N2O4. The maximum atomic E-state index is 12.4.